The second-order valence-electron chi connectivity index (χ2n) is 3.06. The van der Waals surface area contributed by atoms with Crippen LogP contribution < -0.4 is 4.72 Å². The average Bonchev–Trinajstić information content (AvgIpc) is 1.84. The number of hydrogen-bond donors (Lipinski definition) is 1. The van der Waals surface area contributed by atoms with Crippen LogP contribution in [0.1, 0.15) is 15.3 Å². The van der Waals surface area contributed by atoms with Crippen LogP contribution in [0.15, 0.2) is 0 Å². The smallest absolute Gasteiger partial charge is 0.211 e. The van der Waals surface area contributed by atoms with E-state index in [9.17, 15) is 8.42 Å². The van der Waals surface area contributed by atoms with Crippen LogP contribution in [0.4, 0.5) is 0 Å². The van der Waals surface area contributed by atoms with Crippen LogP contribution in [0.5, 0.6) is 0 Å². The van der Waals surface area contributed by atoms with Crippen molar-refractivity contribution in [2.24, 2.45) is 0 Å². The van der Waals surface area contributed by atoms with E-state index in [0.29, 0.717) is 13.2 Å². The lowest BCUT2D eigenvalue weighted by Crippen LogP contribution is -2.60. The van der Waals surface area contributed by atoms with E-state index in [2.05, 4.69) is 4.72 Å². The molecule has 0 aromatic rings. The molecule has 0 radical (unpaired) electrons. The summed E-state index contributed by atoms with van der Waals surface area (Å²) in [6, 6.07) is 0. The largest absolute Gasteiger partial charge is 0.377 e. The third-order valence-corrected chi connectivity index (χ3v) is 3.19. The first-order valence-electron chi connectivity index (χ1n) is 3.57. The molecule has 0 bridgehead atoms. The normalized spacial score (nSPS) is 22.7. The van der Waals surface area contributed by atoms with Gasteiger partial charge in [0.25, 0.3) is 0 Å². The van der Waals surface area contributed by atoms with Gasteiger partial charge < -0.3 is 4.74 Å². The van der Waals surface area contributed by atoms with Crippen molar-refractivity contribution in [3.63, 3.8) is 0 Å². The third-order valence-electron chi connectivity index (χ3n) is 1.62. The maximum Gasteiger partial charge on any atom is 0.211 e. The minimum atomic E-state index is -3.07. The lowest BCUT2D eigenvalue weighted by atomic mass is 10.0. The molecule has 68 valence electrons. The lowest BCUT2D eigenvalue weighted by Gasteiger charge is -2.38. The summed E-state index contributed by atoms with van der Waals surface area (Å²) in [5.41, 5.74) is -0.352. The molecule has 0 spiro atoms. The first kappa shape index (κ1) is 8.96. The zero-order valence-electron chi connectivity index (χ0n) is 6.75. The third kappa shape index (κ3) is 2.15. The Morgan fingerprint density at radius 1 is 1.64 bits per heavy atom. The van der Waals surface area contributed by atoms with Crippen molar-refractivity contribution in [3.8, 4) is 0 Å². The molecule has 1 heterocycles. The molecule has 1 saturated heterocycles. The molecule has 1 fully saturated rings. The second-order valence-corrected chi connectivity index (χ2v) is 5.07. The lowest BCUT2D eigenvalue weighted by molar-refractivity contribution is -0.0523. The summed E-state index contributed by atoms with van der Waals surface area (Å²) < 4.78 is 29.5. The van der Waals surface area contributed by atoms with Gasteiger partial charge in [-0.15, -0.1) is 0 Å². The number of rotatable bonds is 3. The highest BCUT2D eigenvalue weighted by Gasteiger charge is 2.36. The van der Waals surface area contributed by atoms with Crippen LogP contribution >= 0.6 is 0 Å². The van der Waals surface area contributed by atoms with E-state index in [1.54, 1.807) is 6.92 Å². The number of nitrogens with one attached hydrogen (secondary N) is 1. The predicted octanol–water partition coefficient (Wildman–Crippen LogP) is -0.0394. The maximum atomic E-state index is 11.0. The van der Waals surface area contributed by atoms with Crippen molar-refractivity contribution in [3.05, 3.63) is 0 Å². The van der Waals surface area contributed by atoms with E-state index in [4.69, 9.17) is 4.74 Å². The number of hydrogen-bond acceptors (Lipinski definition) is 3. The van der Waals surface area contributed by atoms with E-state index in [0.717, 1.165) is 0 Å². The summed E-state index contributed by atoms with van der Waals surface area (Å²) in [6.07, 6.45) is 0. The molecular weight excluding hydrogens is 166 g/mol. The molecular formula is C6H15NO3S. The first-order chi connectivity index (χ1) is 4.97. The van der Waals surface area contributed by atoms with Crippen LogP contribution in [0.25, 0.3) is 0 Å². The fraction of sp³-hybridized carbons (Fsp3) is 1.00. The maximum absolute atomic E-state index is 11.0. The Labute approximate surface area is 68.5 Å². The quantitative estimate of drug-likeness (QED) is 0.664. The van der Waals surface area contributed by atoms with Gasteiger partial charge in [-0.2, -0.15) is 0 Å². The van der Waals surface area contributed by atoms with Crippen molar-refractivity contribution in [1.29, 1.82) is 0 Å². The Hall–Kier alpha value is -0.130. The first-order valence-corrected chi connectivity index (χ1v) is 5.22. The van der Waals surface area contributed by atoms with E-state index in [1.807, 2.05) is 6.92 Å². The van der Waals surface area contributed by atoms with Crippen molar-refractivity contribution >= 4 is 10.0 Å². The summed E-state index contributed by atoms with van der Waals surface area (Å²) in [5, 5.41) is 0. The summed E-state index contributed by atoms with van der Waals surface area (Å²) in [7, 11) is -3.07. The van der Waals surface area contributed by atoms with Gasteiger partial charge in [-0.25, -0.2) is 13.1 Å². The minimum Gasteiger partial charge on any atom is -0.377 e. The fourth-order valence-corrected chi connectivity index (χ4v) is 1.93. The van der Waals surface area contributed by atoms with E-state index < -0.39 is 10.0 Å². The molecule has 4 nitrogen and oxygen atoms in total. The van der Waals surface area contributed by atoms with Crippen LogP contribution in [-0.4, -0.2) is 32.9 Å². The topological polar surface area (TPSA) is 55.4 Å². The molecule has 5 heteroatoms. The van der Waals surface area contributed by atoms with Crippen molar-refractivity contribution < 1.29 is 14.6 Å². The van der Waals surface area contributed by atoms with Gasteiger partial charge in [-0.05, 0) is 13.8 Å². The van der Waals surface area contributed by atoms with Gasteiger partial charge in [-0.3, -0.25) is 0 Å². The van der Waals surface area contributed by atoms with Crippen molar-refractivity contribution in [2.45, 2.75) is 19.4 Å². The van der Waals surface area contributed by atoms with Crippen molar-refractivity contribution in [2.75, 3.05) is 19.0 Å². The Bertz CT molecular complexity index is 235. The molecule has 0 saturated carbocycles. The molecule has 11 heavy (non-hydrogen) atoms. The molecule has 0 atom stereocenters. The molecule has 0 amide bonds. The fourth-order valence-electron chi connectivity index (χ4n) is 0.915. The Morgan fingerprint density at radius 3 is 2.45 bits per heavy atom. The van der Waals surface area contributed by atoms with Gasteiger partial charge in [0.2, 0.25) is 10.0 Å². The van der Waals surface area contributed by atoms with Gasteiger partial charge in [0, 0.05) is 1.43 Å². The second kappa shape index (κ2) is 2.73. The Morgan fingerprint density at radius 2 is 2.18 bits per heavy atom. The number of sulfonamides is 1. The molecule has 1 rings (SSSR count). The summed E-state index contributed by atoms with van der Waals surface area (Å²) in [5.74, 6) is 0.128. The van der Waals surface area contributed by atoms with E-state index >= 15 is 0 Å². The highest BCUT2D eigenvalue weighted by Crippen LogP contribution is 2.16. The van der Waals surface area contributed by atoms with Gasteiger partial charge in [0.05, 0.1) is 24.5 Å². The molecule has 1 aliphatic rings. The monoisotopic (exact) mass is 181 g/mol. The SMILES string of the molecule is CCS(=O)(=O)NC1(C)COC1.[HH]. The standard InChI is InChI=1S/C6H13NO3S.H2/c1-3-11(8,9)7-6(2)4-10-5-6;/h7H,3-5H2,1-2H3;1H. The Kier molecular flexibility index (Phi) is 2.22. The summed E-state index contributed by atoms with van der Waals surface area (Å²) in [4.78, 5) is 0. The summed E-state index contributed by atoms with van der Waals surface area (Å²) >= 11 is 0. The van der Waals surface area contributed by atoms with Gasteiger partial charge in [0.1, 0.15) is 0 Å². The molecule has 0 aromatic carbocycles. The Balaban J connectivity index is 0.00000121. The summed E-state index contributed by atoms with van der Waals surface area (Å²) in [6.45, 7) is 4.41. The molecule has 1 N–H and O–H groups in total. The number of ether oxygens (including phenoxy) is 1. The minimum absolute atomic E-state index is 0. The highest BCUT2D eigenvalue weighted by atomic mass is 32.2. The molecule has 0 unspecified atom stereocenters. The molecule has 1 aliphatic heterocycles. The highest BCUT2D eigenvalue weighted by molar-refractivity contribution is 7.89. The van der Waals surface area contributed by atoms with Gasteiger partial charge in [0.15, 0.2) is 0 Å². The van der Waals surface area contributed by atoms with Crippen LogP contribution in [0.2, 0.25) is 0 Å². The van der Waals surface area contributed by atoms with Gasteiger partial charge in [-0.1, -0.05) is 0 Å². The molecule has 0 aliphatic carbocycles. The van der Waals surface area contributed by atoms with E-state index in [-0.39, 0.29) is 12.7 Å². The predicted molar refractivity (Wildman–Crippen MR) is 43.9 cm³/mol. The van der Waals surface area contributed by atoms with Gasteiger partial charge >= 0.3 is 0 Å². The van der Waals surface area contributed by atoms with E-state index in [1.165, 1.54) is 0 Å². The molecule has 0 aromatic heterocycles. The van der Waals surface area contributed by atoms with Crippen LogP contribution in [0.3, 0.4) is 0 Å². The average molecular weight is 181 g/mol. The zero-order chi connectivity index (χ0) is 8.54. The van der Waals surface area contributed by atoms with Crippen LogP contribution in [0, 0.1) is 0 Å². The zero-order valence-corrected chi connectivity index (χ0v) is 7.57. The van der Waals surface area contributed by atoms with Crippen molar-refractivity contribution in [1.82, 2.24) is 4.72 Å². The van der Waals surface area contributed by atoms with Crippen LogP contribution in [-0.2, 0) is 14.8 Å².